The lowest BCUT2D eigenvalue weighted by atomic mass is 10.0. The van der Waals surface area contributed by atoms with Crippen LogP contribution in [0.5, 0.6) is 0 Å². The van der Waals surface area contributed by atoms with Gasteiger partial charge in [-0.1, -0.05) is 25.4 Å². The number of rotatable bonds is 5. The zero-order chi connectivity index (χ0) is 18.7. The summed E-state index contributed by atoms with van der Waals surface area (Å²) in [5.41, 5.74) is 1.99. The van der Waals surface area contributed by atoms with Gasteiger partial charge in [0.15, 0.2) is 0 Å². The predicted octanol–water partition coefficient (Wildman–Crippen LogP) is 3.61. The minimum Gasteiger partial charge on any atom is -0.340 e. The summed E-state index contributed by atoms with van der Waals surface area (Å²) in [6.45, 7) is 3.76. The minimum atomic E-state index is -0.668. The van der Waals surface area contributed by atoms with E-state index in [-0.39, 0.29) is 17.7 Å². The third-order valence-electron chi connectivity index (χ3n) is 4.05. The summed E-state index contributed by atoms with van der Waals surface area (Å²) in [6.07, 6.45) is 1.69. The van der Waals surface area contributed by atoms with Crippen molar-refractivity contribution in [1.82, 2.24) is 15.5 Å². The SMILES string of the molecule is CC(C)C(NC(=O)c1ccc(Cl)cc1)C(=O)Nc1ccc2[nH]ncc2c1. The molecule has 0 aliphatic heterocycles. The first-order valence-corrected chi connectivity index (χ1v) is 8.62. The molecule has 7 heteroatoms. The Morgan fingerprint density at radius 3 is 2.54 bits per heavy atom. The van der Waals surface area contributed by atoms with Crippen molar-refractivity contribution in [3.05, 3.63) is 59.2 Å². The van der Waals surface area contributed by atoms with Crippen molar-refractivity contribution in [3.8, 4) is 0 Å². The number of H-pyrrole nitrogens is 1. The van der Waals surface area contributed by atoms with Gasteiger partial charge in [-0.3, -0.25) is 14.7 Å². The van der Waals surface area contributed by atoms with Crippen LogP contribution >= 0.6 is 11.6 Å². The fourth-order valence-corrected chi connectivity index (χ4v) is 2.73. The third-order valence-corrected chi connectivity index (χ3v) is 4.30. The number of fused-ring (bicyclic) bond motifs is 1. The molecule has 0 saturated carbocycles. The quantitative estimate of drug-likeness (QED) is 0.641. The largest absolute Gasteiger partial charge is 0.340 e. The maximum Gasteiger partial charge on any atom is 0.251 e. The van der Waals surface area contributed by atoms with E-state index in [1.54, 1.807) is 36.5 Å². The van der Waals surface area contributed by atoms with Gasteiger partial charge in [0.2, 0.25) is 5.91 Å². The van der Waals surface area contributed by atoms with Gasteiger partial charge in [0, 0.05) is 21.7 Å². The third kappa shape index (κ3) is 4.03. The molecule has 0 bridgehead atoms. The van der Waals surface area contributed by atoms with Gasteiger partial charge in [-0.05, 0) is 48.4 Å². The number of carbonyl (C=O) groups excluding carboxylic acids is 2. The summed E-state index contributed by atoms with van der Waals surface area (Å²) >= 11 is 5.84. The smallest absolute Gasteiger partial charge is 0.251 e. The first-order chi connectivity index (χ1) is 12.4. The highest BCUT2D eigenvalue weighted by atomic mass is 35.5. The Hall–Kier alpha value is -2.86. The van der Waals surface area contributed by atoms with Gasteiger partial charge >= 0.3 is 0 Å². The van der Waals surface area contributed by atoms with Gasteiger partial charge in [-0.2, -0.15) is 5.10 Å². The maximum atomic E-state index is 12.7. The molecule has 2 amide bonds. The van der Waals surface area contributed by atoms with E-state index in [4.69, 9.17) is 11.6 Å². The molecule has 0 radical (unpaired) electrons. The minimum absolute atomic E-state index is 0.0797. The second-order valence-corrected chi connectivity index (χ2v) is 6.80. The van der Waals surface area contributed by atoms with E-state index in [0.29, 0.717) is 16.3 Å². The number of benzene rings is 2. The Bertz CT molecular complexity index is 934. The van der Waals surface area contributed by atoms with Gasteiger partial charge < -0.3 is 10.6 Å². The molecule has 1 heterocycles. The second kappa shape index (κ2) is 7.58. The maximum absolute atomic E-state index is 12.7. The summed E-state index contributed by atoms with van der Waals surface area (Å²) < 4.78 is 0. The highest BCUT2D eigenvalue weighted by Crippen LogP contribution is 2.18. The number of nitrogens with zero attached hydrogens (tertiary/aromatic N) is 1. The van der Waals surface area contributed by atoms with Crippen LogP contribution in [-0.2, 0) is 4.79 Å². The second-order valence-electron chi connectivity index (χ2n) is 6.36. The van der Waals surface area contributed by atoms with Gasteiger partial charge in [0.1, 0.15) is 6.04 Å². The van der Waals surface area contributed by atoms with E-state index >= 15 is 0 Å². The molecule has 2 aromatic carbocycles. The normalized spacial score (nSPS) is 12.2. The predicted molar refractivity (Wildman–Crippen MR) is 102 cm³/mol. The average molecular weight is 371 g/mol. The molecule has 1 atom stereocenters. The molecular weight excluding hydrogens is 352 g/mol. The van der Waals surface area contributed by atoms with Crippen molar-refractivity contribution in [1.29, 1.82) is 0 Å². The van der Waals surface area contributed by atoms with Crippen molar-refractivity contribution < 1.29 is 9.59 Å². The molecule has 1 unspecified atom stereocenters. The fraction of sp³-hybridized carbons (Fsp3) is 0.211. The molecule has 0 aliphatic rings. The van der Waals surface area contributed by atoms with Crippen LogP contribution in [0.25, 0.3) is 10.9 Å². The molecule has 0 fully saturated rings. The summed E-state index contributed by atoms with van der Waals surface area (Å²) in [6, 6.07) is 11.3. The Labute approximate surface area is 155 Å². The monoisotopic (exact) mass is 370 g/mol. The van der Waals surface area contributed by atoms with Crippen LogP contribution in [0, 0.1) is 5.92 Å². The van der Waals surface area contributed by atoms with Crippen LogP contribution in [0.1, 0.15) is 24.2 Å². The first-order valence-electron chi connectivity index (χ1n) is 8.24. The van der Waals surface area contributed by atoms with Gasteiger partial charge in [0.25, 0.3) is 5.91 Å². The lowest BCUT2D eigenvalue weighted by molar-refractivity contribution is -0.118. The first kappa shape index (κ1) is 17.9. The van der Waals surface area contributed by atoms with Crippen molar-refractivity contribution in [2.24, 2.45) is 5.92 Å². The average Bonchev–Trinajstić information content (AvgIpc) is 3.07. The molecule has 3 N–H and O–H groups in total. The number of halogens is 1. The number of hydrogen-bond donors (Lipinski definition) is 3. The van der Waals surface area contributed by atoms with E-state index in [0.717, 1.165) is 10.9 Å². The summed E-state index contributed by atoms with van der Waals surface area (Å²) in [5.74, 6) is -0.671. The topological polar surface area (TPSA) is 86.9 Å². The van der Waals surface area contributed by atoms with Gasteiger partial charge in [-0.15, -0.1) is 0 Å². The van der Waals surface area contributed by atoms with E-state index in [9.17, 15) is 9.59 Å². The zero-order valence-electron chi connectivity index (χ0n) is 14.4. The molecule has 1 aromatic heterocycles. The Morgan fingerprint density at radius 1 is 1.12 bits per heavy atom. The number of amides is 2. The van der Waals surface area contributed by atoms with Crippen molar-refractivity contribution in [3.63, 3.8) is 0 Å². The number of aromatic amines is 1. The van der Waals surface area contributed by atoms with Crippen LogP contribution in [0.15, 0.2) is 48.7 Å². The number of aromatic nitrogens is 2. The standard InChI is InChI=1S/C19H19ClN4O2/c1-11(2)17(23-18(25)12-3-5-14(20)6-4-12)19(26)22-15-7-8-16-13(9-15)10-21-24-16/h3-11,17H,1-2H3,(H,21,24)(H,22,26)(H,23,25). The summed E-state index contributed by atoms with van der Waals surface area (Å²) in [5, 5.41) is 13.9. The Balaban J connectivity index is 1.72. The fourth-order valence-electron chi connectivity index (χ4n) is 2.60. The van der Waals surface area contributed by atoms with E-state index < -0.39 is 6.04 Å². The number of carbonyl (C=O) groups is 2. The van der Waals surface area contributed by atoms with Crippen molar-refractivity contribution in [2.75, 3.05) is 5.32 Å². The van der Waals surface area contributed by atoms with Crippen LogP contribution < -0.4 is 10.6 Å². The molecule has 26 heavy (non-hydrogen) atoms. The lowest BCUT2D eigenvalue weighted by Crippen LogP contribution is -2.47. The van der Waals surface area contributed by atoms with E-state index in [1.165, 1.54) is 0 Å². The van der Waals surface area contributed by atoms with Crippen molar-refractivity contribution in [2.45, 2.75) is 19.9 Å². The van der Waals surface area contributed by atoms with Gasteiger partial charge in [-0.25, -0.2) is 0 Å². The summed E-state index contributed by atoms with van der Waals surface area (Å²) in [7, 11) is 0. The Morgan fingerprint density at radius 2 is 1.85 bits per heavy atom. The molecule has 134 valence electrons. The van der Waals surface area contributed by atoms with E-state index in [2.05, 4.69) is 20.8 Å². The number of nitrogens with one attached hydrogen (secondary N) is 3. The number of hydrogen-bond acceptors (Lipinski definition) is 3. The van der Waals surface area contributed by atoms with Crippen LogP contribution in [0.3, 0.4) is 0 Å². The lowest BCUT2D eigenvalue weighted by Gasteiger charge is -2.22. The molecule has 0 aliphatic carbocycles. The van der Waals surface area contributed by atoms with Crippen LogP contribution in [-0.4, -0.2) is 28.1 Å². The molecule has 0 spiro atoms. The van der Waals surface area contributed by atoms with Gasteiger partial charge in [0.05, 0.1) is 11.7 Å². The molecule has 3 rings (SSSR count). The molecule has 3 aromatic rings. The van der Waals surface area contributed by atoms with Crippen LogP contribution in [0.2, 0.25) is 5.02 Å². The van der Waals surface area contributed by atoms with Crippen molar-refractivity contribution >= 4 is 40.0 Å². The van der Waals surface area contributed by atoms with E-state index in [1.807, 2.05) is 26.0 Å². The molecule has 0 saturated heterocycles. The highest BCUT2D eigenvalue weighted by Gasteiger charge is 2.25. The van der Waals surface area contributed by atoms with Crippen LogP contribution in [0.4, 0.5) is 5.69 Å². The summed E-state index contributed by atoms with van der Waals surface area (Å²) in [4.78, 5) is 25.1. The highest BCUT2D eigenvalue weighted by molar-refractivity contribution is 6.30. The zero-order valence-corrected chi connectivity index (χ0v) is 15.2. The Kier molecular flexibility index (Phi) is 5.23. The number of anilines is 1. The molecular formula is C19H19ClN4O2. The molecule has 6 nitrogen and oxygen atoms in total.